The van der Waals surface area contributed by atoms with E-state index in [1.165, 1.54) is 18.3 Å². The van der Waals surface area contributed by atoms with Crippen molar-refractivity contribution in [2.24, 2.45) is 5.10 Å². The second-order valence-corrected chi connectivity index (χ2v) is 6.18. The molecule has 2 rings (SSSR count). The van der Waals surface area contributed by atoms with Gasteiger partial charge in [0.05, 0.1) is 22.9 Å². The Hall–Kier alpha value is -4.72. The average molecular weight is 436 g/mol. The number of hydrazone groups is 1. The quantitative estimate of drug-likeness (QED) is 0.186. The molecule has 11 heteroatoms. The number of alkyl carbamates (subject to hydrolysis) is 1. The van der Waals surface area contributed by atoms with Crippen molar-refractivity contribution in [3.05, 3.63) is 76.0 Å². The van der Waals surface area contributed by atoms with Crippen LogP contribution in [0.15, 0.2) is 65.4 Å². The maximum atomic E-state index is 11.9. The number of anilines is 2. The van der Waals surface area contributed by atoms with Gasteiger partial charge in [-0.05, 0) is 43.7 Å². The van der Waals surface area contributed by atoms with Gasteiger partial charge in [0, 0.05) is 24.0 Å². The van der Waals surface area contributed by atoms with Crippen LogP contribution in [0.25, 0.3) is 0 Å². The van der Waals surface area contributed by atoms with Crippen LogP contribution in [0.1, 0.15) is 19.4 Å². The Balaban J connectivity index is 2.06. The van der Waals surface area contributed by atoms with Crippen molar-refractivity contribution >= 4 is 34.8 Å². The summed E-state index contributed by atoms with van der Waals surface area (Å²) in [6, 6.07) is 14.6. The van der Waals surface area contributed by atoms with Gasteiger partial charge in [-0.2, -0.15) is 10.4 Å². The molecule has 0 saturated carbocycles. The summed E-state index contributed by atoms with van der Waals surface area (Å²) >= 11 is 0. The molecule has 0 aliphatic rings. The van der Waals surface area contributed by atoms with Gasteiger partial charge in [-0.15, -0.1) is 0 Å². The molecule has 0 aliphatic heterocycles. The highest BCUT2D eigenvalue weighted by Crippen LogP contribution is 2.16. The van der Waals surface area contributed by atoms with Gasteiger partial charge in [-0.25, -0.2) is 4.79 Å². The first kappa shape index (κ1) is 23.6. The van der Waals surface area contributed by atoms with Crippen molar-refractivity contribution < 1.29 is 19.2 Å². The minimum atomic E-state index is -0.937. The number of nitro groups is 1. The minimum absolute atomic E-state index is 0.0178. The van der Waals surface area contributed by atoms with Gasteiger partial charge in [0.25, 0.3) is 11.6 Å². The van der Waals surface area contributed by atoms with Crippen LogP contribution in [-0.4, -0.2) is 29.2 Å². The van der Waals surface area contributed by atoms with E-state index in [1.807, 2.05) is 11.4 Å². The van der Waals surface area contributed by atoms with E-state index in [0.29, 0.717) is 17.1 Å². The van der Waals surface area contributed by atoms with Crippen LogP contribution >= 0.6 is 0 Å². The third kappa shape index (κ3) is 6.96. The van der Waals surface area contributed by atoms with Gasteiger partial charge >= 0.3 is 6.09 Å². The van der Waals surface area contributed by atoms with Crippen LogP contribution < -0.4 is 16.1 Å². The van der Waals surface area contributed by atoms with Gasteiger partial charge in [-0.1, -0.05) is 12.1 Å². The maximum absolute atomic E-state index is 11.9. The molecule has 164 valence electrons. The summed E-state index contributed by atoms with van der Waals surface area (Å²) in [6.07, 6.45) is 0.239. The fourth-order valence-electron chi connectivity index (χ4n) is 2.34. The summed E-state index contributed by atoms with van der Waals surface area (Å²) in [6.45, 7) is 3.45. The Bertz CT molecular complexity index is 1100. The highest BCUT2D eigenvalue weighted by atomic mass is 16.6. The molecule has 0 aromatic heterocycles. The molecule has 0 saturated heterocycles. The van der Waals surface area contributed by atoms with E-state index in [4.69, 9.17) is 5.26 Å². The van der Waals surface area contributed by atoms with E-state index in [0.717, 1.165) is 5.56 Å². The lowest BCUT2D eigenvalue weighted by Gasteiger charge is -2.07. The van der Waals surface area contributed by atoms with Crippen molar-refractivity contribution in [3.8, 4) is 6.07 Å². The molecule has 0 bridgehead atoms. The first-order valence-corrected chi connectivity index (χ1v) is 9.34. The number of nitrogens with zero attached hydrogens (tertiary/aromatic N) is 3. The summed E-state index contributed by atoms with van der Waals surface area (Å²) in [7, 11) is 0. The van der Waals surface area contributed by atoms with Gasteiger partial charge < -0.3 is 10.1 Å². The standard InChI is InChI=1S/C21H20N6O5/c1-3-32-21(29)24-20(28)16(12-22)13-23-18-6-4-5-15(11-18)14(2)25-26-17-7-9-19(10-8-17)27(30)31/h4-11,13,23,26H,3H2,1-2H3,(H,24,28,29)/b16-13+,25-14?. The molecule has 2 amide bonds. The van der Waals surface area contributed by atoms with E-state index >= 15 is 0 Å². The van der Waals surface area contributed by atoms with Crippen molar-refractivity contribution in [2.45, 2.75) is 13.8 Å². The smallest absolute Gasteiger partial charge is 0.414 e. The largest absolute Gasteiger partial charge is 0.450 e. The summed E-state index contributed by atoms with van der Waals surface area (Å²) in [5.41, 5.74) is 5.02. The van der Waals surface area contributed by atoms with Crippen LogP contribution in [0.3, 0.4) is 0 Å². The molecule has 0 heterocycles. The monoisotopic (exact) mass is 436 g/mol. The number of nitro benzene ring substituents is 1. The summed E-state index contributed by atoms with van der Waals surface area (Å²) in [5, 5.41) is 28.9. The third-order valence-corrected chi connectivity index (χ3v) is 3.95. The number of amides is 2. The molecule has 32 heavy (non-hydrogen) atoms. The number of carbonyl (C=O) groups is 2. The Labute approximate surface area is 183 Å². The Morgan fingerprint density at radius 3 is 2.56 bits per heavy atom. The lowest BCUT2D eigenvalue weighted by molar-refractivity contribution is -0.384. The SMILES string of the molecule is CCOC(=O)NC(=O)/C(C#N)=C/Nc1cccc(C(C)=NNc2ccc([N+](=O)[O-])cc2)c1. The number of hydrogen-bond donors (Lipinski definition) is 3. The van der Waals surface area contributed by atoms with E-state index in [1.54, 1.807) is 50.2 Å². The number of non-ortho nitro benzene ring substituents is 1. The van der Waals surface area contributed by atoms with Crippen LogP contribution in [0.5, 0.6) is 0 Å². The van der Waals surface area contributed by atoms with E-state index in [9.17, 15) is 19.7 Å². The van der Waals surface area contributed by atoms with E-state index in [2.05, 4.69) is 20.6 Å². The predicted molar refractivity (Wildman–Crippen MR) is 118 cm³/mol. The number of nitriles is 1. The highest BCUT2D eigenvalue weighted by Gasteiger charge is 2.13. The number of carbonyl (C=O) groups excluding carboxylic acids is 2. The lowest BCUT2D eigenvalue weighted by atomic mass is 10.1. The fraction of sp³-hybridized carbons (Fsp3) is 0.143. The van der Waals surface area contributed by atoms with Crippen LogP contribution in [0, 0.1) is 21.4 Å². The molecule has 0 aliphatic carbocycles. The molecule has 2 aromatic carbocycles. The van der Waals surface area contributed by atoms with Crippen molar-refractivity contribution in [2.75, 3.05) is 17.3 Å². The Morgan fingerprint density at radius 2 is 1.94 bits per heavy atom. The van der Waals surface area contributed by atoms with Gasteiger partial charge in [0.15, 0.2) is 0 Å². The molecule has 3 N–H and O–H groups in total. The lowest BCUT2D eigenvalue weighted by Crippen LogP contribution is -2.32. The normalized spacial score (nSPS) is 11.2. The van der Waals surface area contributed by atoms with Crippen LogP contribution in [0.4, 0.5) is 21.9 Å². The van der Waals surface area contributed by atoms with Gasteiger partial charge in [-0.3, -0.25) is 25.7 Å². The molecular formula is C21H20N6O5. The van der Waals surface area contributed by atoms with Gasteiger partial charge in [0.1, 0.15) is 11.6 Å². The number of imide groups is 1. The van der Waals surface area contributed by atoms with E-state index in [-0.39, 0.29) is 17.9 Å². The summed E-state index contributed by atoms with van der Waals surface area (Å²) in [4.78, 5) is 33.5. The molecule has 0 unspecified atom stereocenters. The van der Waals surface area contributed by atoms with E-state index < -0.39 is 16.9 Å². The molecule has 0 radical (unpaired) electrons. The zero-order valence-corrected chi connectivity index (χ0v) is 17.3. The first-order chi connectivity index (χ1) is 15.3. The number of benzene rings is 2. The van der Waals surface area contributed by atoms with Crippen molar-refractivity contribution in [1.29, 1.82) is 5.26 Å². The summed E-state index contributed by atoms with van der Waals surface area (Å²) in [5.74, 6) is -0.889. The maximum Gasteiger partial charge on any atom is 0.414 e. The summed E-state index contributed by atoms with van der Waals surface area (Å²) < 4.78 is 4.61. The Kier molecular flexibility index (Phi) is 8.44. The molecular weight excluding hydrogens is 416 g/mol. The number of nitrogens with one attached hydrogen (secondary N) is 3. The minimum Gasteiger partial charge on any atom is -0.450 e. The third-order valence-electron chi connectivity index (χ3n) is 3.95. The number of hydrogen-bond acceptors (Lipinski definition) is 9. The topological polar surface area (TPSA) is 159 Å². The molecule has 2 aromatic rings. The van der Waals surface area contributed by atoms with Crippen molar-refractivity contribution in [1.82, 2.24) is 5.32 Å². The zero-order chi connectivity index (χ0) is 23.5. The second-order valence-electron chi connectivity index (χ2n) is 6.18. The molecule has 0 fully saturated rings. The zero-order valence-electron chi connectivity index (χ0n) is 17.3. The van der Waals surface area contributed by atoms with Gasteiger partial charge in [0.2, 0.25) is 0 Å². The highest BCUT2D eigenvalue weighted by molar-refractivity contribution is 6.05. The Morgan fingerprint density at radius 1 is 1.22 bits per heavy atom. The number of ether oxygens (including phenoxy) is 1. The van der Waals surface area contributed by atoms with Crippen LogP contribution in [0.2, 0.25) is 0 Å². The average Bonchev–Trinajstić information content (AvgIpc) is 2.78. The van der Waals surface area contributed by atoms with Crippen LogP contribution in [-0.2, 0) is 9.53 Å². The van der Waals surface area contributed by atoms with Crippen molar-refractivity contribution in [3.63, 3.8) is 0 Å². The molecule has 0 spiro atoms. The number of rotatable bonds is 8. The fourth-order valence-corrected chi connectivity index (χ4v) is 2.34. The second kappa shape index (κ2) is 11.5. The first-order valence-electron chi connectivity index (χ1n) is 9.34. The molecule has 0 atom stereocenters. The molecule has 11 nitrogen and oxygen atoms in total. The predicted octanol–water partition coefficient (Wildman–Crippen LogP) is 3.52.